The third-order valence-corrected chi connectivity index (χ3v) is 15.3. The van der Waals surface area contributed by atoms with Crippen LogP contribution in [0.2, 0.25) is 0 Å². The molecule has 2 aromatic carbocycles. The van der Waals surface area contributed by atoms with Gasteiger partial charge in [-0.15, -0.1) is 0 Å². The highest BCUT2D eigenvalue weighted by molar-refractivity contribution is 5.99. The summed E-state index contributed by atoms with van der Waals surface area (Å²) in [5, 5.41) is 35.4. The van der Waals surface area contributed by atoms with Gasteiger partial charge in [0.15, 0.2) is 11.9 Å². The lowest BCUT2D eigenvalue weighted by Crippen LogP contribution is -2.61. The van der Waals surface area contributed by atoms with Crippen molar-refractivity contribution in [3.05, 3.63) is 71.8 Å². The molecule has 0 bridgehead atoms. The largest absolute Gasteiger partial charge is 0.480 e. The molecule has 492 valence electrons. The summed E-state index contributed by atoms with van der Waals surface area (Å²) >= 11 is 0. The summed E-state index contributed by atoms with van der Waals surface area (Å²) < 4.78 is 0. The summed E-state index contributed by atoms with van der Waals surface area (Å²) in [4.78, 5) is 150. The number of amides is 9. The number of nitrogens with one attached hydrogen (secondary N) is 9. The Bertz CT molecular complexity index is 2730. The number of aliphatic imine (C=N–C) groups is 2. The molecule has 2 saturated heterocycles. The monoisotopic (exact) mass is 1240 g/mol. The molecule has 0 unspecified atom stereocenters. The van der Waals surface area contributed by atoms with Gasteiger partial charge in [-0.2, -0.15) is 0 Å². The molecule has 0 aliphatic carbocycles. The molecule has 0 saturated carbocycles. The normalized spacial score (nSPS) is 17.4. The van der Waals surface area contributed by atoms with E-state index < -0.39 is 120 Å². The van der Waals surface area contributed by atoms with E-state index in [0.717, 1.165) is 6.42 Å². The molecule has 2 aromatic rings. The van der Waals surface area contributed by atoms with Gasteiger partial charge >= 0.3 is 5.97 Å². The maximum Gasteiger partial charge on any atom is 0.326 e. The third kappa shape index (κ3) is 25.0. The summed E-state index contributed by atoms with van der Waals surface area (Å²) in [6.07, 6.45) is 2.65. The van der Waals surface area contributed by atoms with Crippen molar-refractivity contribution in [2.75, 3.05) is 26.2 Å². The molecule has 10 atom stereocenters. The Balaban J connectivity index is 1.57. The van der Waals surface area contributed by atoms with E-state index in [9.17, 15) is 48.3 Å². The number of carbonyl (C=O) groups excluding carboxylic acids is 9. The molecule has 4 rings (SSSR count). The van der Waals surface area contributed by atoms with Gasteiger partial charge in [-0.25, -0.2) is 4.79 Å². The van der Waals surface area contributed by atoms with Gasteiger partial charge in [-0.3, -0.25) is 53.1 Å². The van der Waals surface area contributed by atoms with Crippen molar-refractivity contribution in [1.29, 1.82) is 0 Å². The maximum absolute atomic E-state index is 15.0. The molecule has 2 aliphatic rings. The first-order valence-electron chi connectivity index (χ1n) is 31.0. The van der Waals surface area contributed by atoms with E-state index >= 15 is 4.79 Å². The van der Waals surface area contributed by atoms with Gasteiger partial charge in [0.05, 0.1) is 6.04 Å². The highest BCUT2D eigenvalue weighted by Crippen LogP contribution is 2.22. The molecule has 2 aliphatic heterocycles. The number of nitrogens with two attached hydrogens (primary N) is 4. The molecule has 9 amide bonds. The number of carbonyl (C=O) groups is 10. The van der Waals surface area contributed by atoms with Crippen LogP contribution in [0.4, 0.5) is 0 Å². The van der Waals surface area contributed by atoms with Crippen LogP contribution in [-0.4, -0.2) is 168 Å². The summed E-state index contributed by atoms with van der Waals surface area (Å²) in [6.45, 7) is 15.2. The number of carboxylic acids is 1. The number of hydrogen-bond donors (Lipinski definition) is 14. The summed E-state index contributed by atoms with van der Waals surface area (Å²) in [6, 6.07) is 6.25. The van der Waals surface area contributed by atoms with Crippen LogP contribution in [0.15, 0.2) is 70.6 Å². The van der Waals surface area contributed by atoms with Gasteiger partial charge in [0.25, 0.3) is 0 Å². The predicted octanol–water partition coefficient (Wildman–Crippen LogP) is -0.311. The van der Waals surface area contributed by atoms with Gasteiger partial charge < -0.3 is 80.8 Å². The van der Waals surface area contributed by atoms with E-state index in [-0.39, 0.29) is 113 Å². The zero-order valence-electron chi connectivity index (χ0n) is 52.9. The van der Waals surface area contributed by atoms with Gasteiger partial charge in [0.1, 0.15) is 54.4 Å². The van der Waals surface area contributed by atoms with Crippen LogP contribution in [-0.2, 0) is 60.8 Å². The number of carboxylic acid groups (broad SMARTS) is 1. The zero-order chi connectivity index (χ0) is 65.9. The smallest absolute Gasteiger partial charge is 0.326 e. The van der Waals surface area contributed by atoms with E-state index in [2.05, 4.69) is 57.8 Å². The lowest BCUT2D eigenvalue weighted by Gasteiger charge is -2.32. The van der Waals surface area contributed by atoms with Crippen LogP contribution >= 0.6 is 0 Å². The van der Waals surface area contributed by atoms with E-state index in [1.165, 1.54) is 4.90 Å². The highest BCUT2D eigenvalue weighted by atomic mass is 16.4. The number of rotatable bonds is 36. The Labute approximate surface area is 522 Å². The molecule has 27 nitrogen and oxygen atoms in total. The molecular weight excluding hydrogens is 1140 g/mol. The second-order valence-corrected chi connectivity index (χ2v) is 24.5. The highest BCUT2D eigenvalue weighted by Gasteiger charge is 2.41. The first-order chi connectivity index (χ1) is 42.1. The van der Waals surface area contributed by atoms with E-state index in [1.807, 2.05) is 27.7 Å². The topological polar surface area (TPSA) is 431 Å². The Morgan fingerprint density at radius 2 is 0.921 bits per heavy atom. The summed E-state index contributed by atoms with van der Waals surface area (Å²) in [5.74, 6) is -8.79. The molecule has 0 spiro atoms. The van der Waals surface area contributed by atoms with Crippen molar-refractivity contribution in [3.63, 3.8) is 0 Å². The Hall–Kier alpha value is -8.36. The van der Waals surface area contributed by atoms with Crippen molar-refractivity contribution in [2.45, 2.75) is 193 Å². The fraction of sp³-hybridized carbons (Fsp3) is 0.613. The van der Waals surface area contributed by atoms with Gasteiger partial charge in [0, 0.05) is 32.5 Å². The van der Waals surface area contributed by atoms with Crippen LogP contribution in [0.5, 0.6) is 0 Å². The Morgan fingerprint density at radius 1 is 0.517 bits per heavy atom. The molecule has 2 heterocycles. The van der Waals surface area contributed by atoms with E-state index in [4.69, 9.17) is 22.9 Å². The summed E-state index contributed by atoms with van der Waals surface area (Å²) in [5.41, 5.74) is 23.6. The molecule has 0 radical (unpaired) electrons. The molecule has 89 heavy (non-hydrogen) atoms. The van der Waals surface area contributed by atoms with Gasteiger partial charge in [-0.1, -0.05) is 116 Å². The quantitative estimate of drug-likeness (QED) is 0.0236. The molecular formula is C62H98N16O11. The van der Waals surface area contributed by atoms with E-state index in [1.54, 1.807) is 88.4 Å². The van der Waals surface area contributed by atoms with Crippen molar-refractivity contribution in [1.82, 2.24) is 52.8 Å². The van der Waals surface area contributed by atoms with Crippen molar-refractivity contribution in [2.24, 2.45) is 56.6 Å². The predicted molar refractivity (Wildman–Crippen MR) is 338 cm³/mol. The van der Waals surface area contributed by atoms with Crippen LogP contribution < -0.4 is 70.8 Å². The van der Waals surface area contributed by atoms with Crippen LogP contribution in [0.1, 0.15) is 131 Å². The molecule has 27 heteroatoms. The average molecular weight is 1240 g/mol. The van der Waals surface area contributed by atoms with Crippen molar-refractivity contribution in [3.8, 4) is 0 Å². The van der Waals surface area contributed by atoms with Gasteiger partial charge in [-0.05, 0) is 106 Å². The molecule has 0 aromatic heterocycles. The first-order valence-corrected chi connectivity index (χ1v) is 31.0. The number of guanidine groups is 2. The third-order valence-electron chi connectivity index (χ3n) is 15.3. The number of benzene rings is 2. The van der Waals surface area contributed by atoms with Crippen LogP contribution in [0.25, 0.3) is 0 Å². The SMILES string of the molecule is CC(C)C[C@H](NC(=O)[C@H](CCCN=C(N)N)NC(=O)[C@@H](NC(=O)[C@@H]1CCCN1C(=O)[C@H](Cc1ccccc1)NC(=O)[C@H](CC(C)C)NC(=O)[C@H](CCCN=C(N)N)NC(=O)[C@@H](NC(=O)[C@@H]1CCCN1)C(C)C)C(C)C)C(=O)N[C@@H](Cc1ccccc1)C(=O)O. The number of nitrogens with zero attached hydrogens (tertiary/aromatic N) is 3. The fourth-order valence-electron chi connectivity index (χ4n) is 10.6. The molecule has 18 N–H and O–H groups in total. The number of likely N-dealkylation sites (tertiary alicyclic amines) is 1. The Morgan fingerprint density at radius 3 is 1.33 bits per heavy atom. The lowest BCUT2D eigenvalue weighted by molar-refractivity contribution is -0.143. The van der Waals surface area contributed by atoms with Crippen molar-refractivity contribution >= 4 is 71.1 Å². The summed E-state index contributed by atoms with van der Waals surface area (Å²) in [7, 11) is 0. The minimum absolute atomic E-state index is 0.0159. The number of hydrogen-bond acceptors (Lipinski definition) is 13. The van der Waals surface area contributed by atoms with Crippen LogP contribution in [0.3, 0.4) is 0 Å². The average Bonchev–Trinajstić information content (AvgIpc) is 3.75. The van der Waals surface area contributed by atoms with Crippen molar-refractivity contribution < 1.29 is 53.1 Å². The lowest BCUT2D eigenvalue weighted by atomic mass is 9.99. The minimum atomic E-state index is -1.32. The minimum Gasteiger partial charge on any atom is -0.480 e. The Kier molecular flexibility index (Phi) is 30.3. The van der Waals surface area contributed by atoms with Gasteiger partial charge in [0.2, 0.25) is 53.2 Å². The first kappa shape index (κ1) is 73.1. The van der Waals surface area contributed by atoms with E-state index in [0.29, 0.717) is 30.5 Å². The second kappa shape index (κ2) is 36.8. The zero-order valence-corrected chi connectivity index (χ0v) is 52.9. The van der Waals surface area contributed by atoms with Crippen LogP contribution in [0, 0.1) is 23.7 Å². The second-order valence-electron chi connectivity index (χ2n) is 24.5. The fourth-order valence-corrected chi connectivity index (χ4v) is 10.6. The molecule has 2 fully saturated rings. The number of aliphatic carboxylic acids is 1. The maximum atomic E-state index is 15.0. The standard InChI is InChI=1S/C62H98N16O11/c1-35(2)31-44(72-52(80)42(24-16-28-68-61(63)64)70-57(85)49(37(5)6)76-51(79)41-23-15-27-67-41)54(82)74-46(33-39-19-11-9-12-20-39)59(87)78-30-18-26-48(78)56(84)77-50(38(7)8)58(86)71-43(25-17-29-69-62(65)66)53(81)73-45(32-36(3)4)55(83)75-47(60(88)89)34-40-21-13-10-14-22-40/h9-14,19-22,35-38,41-50,67H,15-18,23-34H2,1-8H3,(H,70,85)(H,71,86)(H,72,80)(H,73,81)(H,74,82)(H,75,83)(H,76,79)(H,77,84)(H,88,89)(H4,63,64,68)(H4,65,66,69)/t41-,42-,43-,44-,45-,46-,47-,48-,49-,50-/m0/s1.